The van der Waals surface area contributed by atoms with Crippen molar-refractivity contribution in [2.24, 2.45) is 0 Å². The zero-order chi connectivity index (χ0) is 15.4. The van der Waals surface area contributed by atoms with E-state index in [-0.39, 0.29) is 5.69 Å². The van der Waals surface area contributed by atoms with Gasteiger partial charge in [0.1, 0.15) is 5.75 Å². The first-order valence-electron chi connectivity index (χ1n) is 6.20. The molecule has 2 rings (SSSR count). The molecule has 110 valence electrons. The fourth-order valence-corrected chi connectivity index (χ4v) is 1.85. The number of nitrogens with zero attached hydrogens (tertiary/aromatic N) is 3. The first kappa shape index (κ1) is 15.2. The van der Waals surface area contributed by atoms with Crippen LogP contribution >= 0.6 is 15.9 Å². The average Bonchev–Trinajstić information content (AvgIpc) is 2.45. The Morgan fingerprint density at radius 1 is 1.48 bits per heavy atom. The maximum absolute atomic E-state index is 10.8. The molecule has 8 heteroatoms. The molecule has 0 unspecified atom stereocenters. The zero-order valence-corrected chi connectivity index (χ0v) is 13.0. The van der Waals surface area contributed by atoms with Crippen LogP contribution in [-0.4, -0.2) is 21.4 Å². The predicted molar refractivity (Wildman–Crippen MR) is 81.8 cm³/mol. The number of ether oxygens (including phenoxy) is 1. The van der Waals surface area contributed by atoms with Gasteiger partial charge in [-0.15, -0.1) is 0 Å². The Labute approximate surface area is 129 Å². The highest BCUT2D eigenvalue weighted by molar-refractivity contribution is 9.10. The molecular weight excluding hydrogens is 340 g/mol. The molecule has 0 aliphatic rings. The van der Waals surface area contributed by atoms with Gasteiger partial charge < -0.3 is 10.1 Å². The quantitative estimate of drug-likeness (QED) is 0.651. The van der Waals surface area contributed by atoms with Gasteiger partial charge >= 0.3 is 0 Å². The number of halogens is 1. The number of non-ortho nitro benzene ring substituents is 1. The van der Waals surface area contributed by atoms with Crippen molar-refractivity contribution < 1.29 is 9.66 Å². The highest BCUT2D eigenvalue weighted by Crippen LogP contribution is 2.32. The van der Waals surface area contributed by atoms with Crippen molar-refractivity contribution in [3.63, 3.8) is 0 Å². The summed E-state index contributed by atoms with van der Waals surface area (Å²) in [6, 6.07) is 4.44. The Morgan fingerprint density at radius 3 is 2.90 bits per heavy atom. The van der Waals surface area contributed by atoms with E-state index in [1.54, 1.807) is 19.2 Å². The maximum Gasteiger partial charge on any atom is 0.273 e. The topological polar surface area (TPSA) is 90.2 Å². The normalized spacial score (nSPS) is 10.2. The number of benzene rings is 1. The third-order valence-electron chi connectivity index (χ3n) is 2.64. The van der Waals surface area contributed by atoms with Crippen molar-refractivity contribution in [1.29, 1.82) is 0 Å². The largest absolute Gasteiger partial charge is 0.437 e. The van der Waals surface area contributed by atoms with Crippen LogP contribution in [0, 0.1) is 17.0 Å². The Morgan fingerprint density at radius 2 is 2.24 bits per heavy atom. The summed E-state index contributed by atoms with van der Waals surface area (Å²) in [4.78, 5) is 18.7. The lowest BCUT2D eigenvalue weighted by atomic mass is 10.2. The molecule has 1 N–H and O–H groups in total. The summed E-state index contributed by atoms with van der Waals surface area (Å²) >= 11 is 3.30. The molecule has 0 bridgehead atoms. The average molecular weight is 353 g/mol. The summed E-state index contributed by atoms with van der Waals surface area (Å²) in [5.41, 5.74) is 0.740. The van der Waals surface area contributed by atoms with E-state index in [9.17, 15) is 10.1 Å². The molecule has 0 fully saturated rings. The highest BCUT2D eigenvalue weighted by atomic mass is 79.9. The number of rotatable bonds is 5. The summed E-state index contributed by atoms with van der Waals surface area (Å²) in [6.07, 6.45) is 1.56. The van der Waals surface area contributed by atoms with Crippen LogP contribution in [0.5, 0.6) is 11.6 Å². The molecule has 0 amide bonds. The van der Waals surface area contributed by atoms with Gasteiger partial charge in [0.15, 0.2) is 0 Å². The smallest absolute Gasteiger partial charge is 0.273 e. The van der Waals surface area contributed by atoms with Gasteiger partial charge in [-0.25, -0.2) is 4.98 Å². The minimum absolute atomic E-state index is 0.0346. The maximum atomic E-state index is 10.8. The summed E-state index contributed by atoms with van der Waals surface area (Å²) in [7, 11) is 0. The van der Waals surface area contributed by atoms with Crippen molar-refractivity contribution in [1.82, 2.24) is 9.97 Å². The van der Waals surface area contributed by atoms with E-state index in [1.165, 1.54) is 12.1 Å². The molecule has 0 aliphatic heterocycles. The number of hydrogen-bond donors (Lipinski definition) is 1. The lowest BCUT2D eigenvalue weighted by Gasteiger charge is -2.10. The second kappa shape index (κ2) is 6.49. The van der Waals surface area contributed by atoms with Crippen LogP contribution in [0.2, 0.25) is 0 Å². The first-order valence-corrected chi connectivity index (χ1v) is 7.00. The van der Waals surface area contributed by atoms with E-state index in [1.807, 2.05) is 6.92 Å². The Hall–Kier alpha value is -2.22. The van der Waals surface area contributed by atoms with Crippen LogP contribution in [0.3, 0.4) is 0 Å². The molecule has 7 nitrogen and oxygen atoms in total. The number of nitrogens with one attached hydrogen (secondary N) is 1. The number of aromatic nitrogens is 2. The third-order valence-corrected chi connectivity index (χ3v) is 3.18. The molecule has 0 spiro atoms. The van der Waals surface area contributed by atoms with Gasteiger partial charge in [0.25, 0.3) is 5.69 Å². The van der Waals surface area contributed by atoms with Gasteiger partial charge in [-0.1, -0.05) is 0 Å². The number of nitro benzene ring substituents is 1. The molecule has 0 saturated carbocycles. The molecule has 2 aromatic rings. The van der Waals surface area contributed by atoms with Crippen LogP contribution < -0.4 is 10.1 Å². The summed E-state index contributed by atoms with van der Waals surface area (Å²) in [6.45, 7) is 4.41. The molecule has 0 atom stereocenters. The highest BCUT2D eigenvalue weighted by Gasteiger charge is 2.13. The van der Waals surface area contributed by atoms with Crippen molar-refractivity contribution in [3.05, 3.63) is 44.5 Å². The lowest BCUT2D eigenvalue weighted by molar-refractivity contribution is -0.384. The molecule has 1 aromatic heterocycles. The standard InChI is InChI=1S/C13H13BrN4O3/c1-3-15-13-16-7-10(14)12(17-13)21-11-6-9(18(19)20)5-4-8(11)2/h4-7H,3H2,1-2H3,(H,15,16,17). The Balaban J connectivity index is 2.35. The molecule has 1 aromatic carbocycles. The summed E-state index contributed by atoms with van der Waals surface area (Å²) in [5.74, 6) is 1.11. The van der Waals surface area contributed by atoms with Crippen LogP contribution in [0.25, 0.3) is 0 Å². The van der Waals surface area contributed by atoms with E-state index < -0.39 is 4.92 Å². The van der Waals surface area contributed by atoms with Crippen molar-refractivity contribution in [2.45, 2.75) is 13.8 Å². The van der Waals surface area contributed by atoms with Gasteiger partial charge in [0.05, 0.1) is 21.7 Å². The van der Waals surface area contributed by atoms with Crippen molar-refractivity contribution in [2.75, 3.05) is 11.9 Å². The molecular formula is C13H13BrN4O3. The number of anilines is 1. The van der Waals surface area contributed by atoms with Crippen LogP contribution in [0.15, 0.2) is 28.9 Å². The van der Waals surface area contributed by atoms with E-state index in [0.717, 1.165) is 5.56 Å². The fraction of sp³-hybridized carbons (Fsp3) is 0.231. The first-order chi connectivity index (χ1) is 10.0. The number of aryl methyl sites for hydroxylation is 1. The van der Waals surface area contributed by atoms with E-state index in [2.05, 4.69) is 31.2 Å². The SMILES string of the molecule is CCNc1ncc(Br)c(Oc2cc([N+](=O)[O-])ccc2C)n1. The van der Waals surface area contributed by atoms with Gasteiger partial charge in [-0.3, -0.25) is 10.1 Å². The van der Waals surface area contributed by atoms with Crippen molar-refractivity contribution in [3.8, 4) is 11.6 Å². The minimum atomic E-state index is -0.467. The van der Waals surface area contributed by atoms with E-state index >= 15 is 0 Å². The summed E-state index contributed by atoms with van der Waals surface area (Å²) < 4.78 is 6.24. The minimum Gasteiger partial charge on any atom is -0.437 e. The predicted octanol–water partition coefficient (Wildman–Crippen LogP) is 3.68. The fourth-order valence-electron chi connectivity index (χ4n) is 1.58. The van der Waals surface area contributed by atoms with Gasteiger partial charge in [-0.2, -0.15) is 4.98 Å². The second-order valence-corrected chi connectivity index (χ2v) is 5.04. The molecule has 1 heterocycles. The van der Waals surface area contributed by atoms with E-state index in [4.69, 9.17) is 4.74 Å². The molecule has 0 aliphatic carbocycles. The summed E-state index contributed by atoms with van der Waals surface area (Å²) in [5, 5.41) is 13.8. The number of hydrogen-bond acceptors (Lipinski definition) is 6. The number of nitro groups is 1. The Bertz CT molecular complexity index is 678. The zero-order valence-electron chi connectivity index (χ0n) is 11.5. The van der Waals surface area contributed by atoms with Crippen LogP contribution in [-0.2, 0) is 0 Å². The van der Waals surface area contributed by atoms with Crippen LogP contribution in [0.4, 0.5) is 11.6 Å². The van der Waals surface area contributed by atoms with Crippen molar-refractivity contribution >= 4 is 27.6 Å². The molecule has 0 radical (unpaired) electrons. The third kappa shape index (κ3) is 3.66. The van der Waals surface area contributed by atoms with E-state index in [0.29, 0.717) is 28.6 Å². The molecule has 0 saturated heterocycles. The lowest BCUT2D eigenvalue weighted by Crippen LogP contribution is -2.03. The van der Waals surface area contributed by atoms with Gasteiger partial charge in [0, 0.05) is 12.6 Å². The van der Waals surface area contributed by atoms with Gasteiger partial charge in [0.2, 0.25) is 11.8 Å². The second-order valence-electron chi connectivity index (χ2n) is 4.19. The van der Waals surface area contributed by atoms with Gasteiger partial charge in [-0.05, 0) is 41.4 Å². The Kier molecular flexibility index (Phi) is 4.69. The molecule has 21 heavy (non-hydrogen) atoms. The van der Waals surface area contributed by atoms with Crippen LogP contribution in [0.1, 0.15) is 12.5 Å². The monoisotopic (exact) mass is 352 g/mol.